The van der Waals surface area contributed by atoms with E-state index in [4.69, 9.17) is 4.74 Å². The van der Waals surface area contributed by atoms with Crippen LogP contribution in [0.2, 0.25) is 0 Å². The molecular formula is C20H23N3O3. The van der Waals surface area contributed by atoms with E-state index < -0.39 is 5.56 Å². The van der Waals surface area contributed by atoms with Crippen LogP contribution in [0.25, 0.3) is 0 Å². The lowest BCUT2D eigenvalue weighted by Gasteiger charge is -2.13. The van der Waals surface area contributed by atoms with Crippen molar-refractivity contribution in [2.24, 2.45) is 4.99 Å². The minimum Gasteiger partial charge on any atom is -0.494 e. The molecule has 6 heteroatoms. The van der Waals surface area contributed by atoms with Crippen molar-refractivity contribution in [3.63, 3.8) is 0 Å². The Hall–Kier alpha value is -3.07. The van der Waals surface area contributed by atoms with E-state index in [0.29, 0.717) is 30.0 Å². The number of pyridine rings is 1. The maximum absolute atomic E-state index is 12.4. The summed E-state index contributed by atoms with van der Waals surface area (Å²) in [6, 6.07) is 9.16. The highest BCUT2D eigenvalue weighted by Gasteiger charge is 2.17. The average Bonchev–Trinajstić information content (AvgIpc) is 2.63. The molecular weight excluding hydrogens is 330 g/mol. The monoisotopic (exact) mass is 353 g/mol. The molecule has 0 aliphatic carbocycles. The van der Waals surface area contributed by atoms with Gasteiger partial charge in [-0.05, 0) is 50.1 Å². The molecule has 1 N–H and O–H groups in total. The van der Waals surface area contributed by atoms with Gasteiger partial charge in [0, 0.05) is 12.8 Å². The minimum atomic E-state index is -0.464. The summed E-state index contributed by atoms with van der Waals surface area (Å²) in [4.78, 5) is 16.8. The van der Waals surface area contributed by atoms with E-state index in [2.05, 4.69) is 4.99 Å². The van der Waals surface area contributed by atoms with Gasteiger partial charge >= 0.3 is 0 Å². The largest absolute Gasteiger partial charge is 0.494 e. The van der Waals surface area contributed by atoms with E-state index >= 15 is 0 Å². The second kappa shape index (κ2) is 8.86. The molecule has 0 unspecified atom stereocenters. The van der Waals surface area contributed by atoms with Gasteiger partial charge < -0.3 is 9.84 Å². The van der Waals surface area contributed by atoms with E-state index in [1.54, 1.807) is 19.1 Å². The summed E-state index contributed by atoms with van der Waals surface area (Å²) in [6.45, 7) is 6.50. The van der Waals surface area contributed by atoms with Crippen LogP contribution >= 0.6 is 0 Å². The molecule has 136 valence electrons. The lowest BCUT2D eigenvalue weighted by molar-refractivity contribution is 0.340. The quantitative estimate of drug-likeness (QED) is 0.769. The van der Waals surface area contributed by atoms with E-state index in [1.807, 2.05) is 32.0 Å². The Balaban J connectivity index is 2.44. The predicted octanol–water partition coefficient (Wildman–Crippen LogP) is 3.68. The smallest absolute Gasteiger partial charge is 0.271 e. The van der Waals surface area contributed by atoms with Gasteiger partial charge in [0.2, 0.25) is 5.88 Å². The number of hydrogen-bond donors (Lipinski definition) is 1. The van der Waals surface area contributed by atoms with Crippen molar-refractivity contribution in [3.8, 4) is 17.7 Å². The van der Waals surface area contributed by atoms with Gasteiger partial charge in [-0.2, -0.15) is 5.26 Å². The third-order valence-electron chi connectivity index (χ3n) is 4.07. The topological polar surface area (TPSA) is 87.6 Å². The van der Waals surface area contributed by atoms with E-state index in [-0.39, 0.29) is 11.4 Å². The van der Waals surface area contributed by atoms with Crippen molar-refractivity contribution < 1.29 is 9.84 Å². The SMILES string of the molecule is CCCCn1c(O)c(C=Nc2ccc(OCC)cc2)c(C)c(C#N)c1=O. The second-order valence-corrected chi connectivity index (χ2v) is 5.84. The molecule has 0 amide bonds. The molecule has 2 rings (SSSR count). The van der Waals surface area contributed by atoms with Gasteiger partial charge in [0.1, 0.15) is 17.4 Å². The summed E-state index contributed by atoms with van der Waals surface area (Å²) in [5.41, 5.74) is 1.06. The molecule has 1 aromatic carbocycles. The van der Waals surface area contributed by atoms with Crippen LogP contribution in [-0.4, -0.2) is 22.5 Å². The number of rotatable bonds is 7. The Morgan fingerprint density at radius 3 is 2.58 bits per heavy atom. The highest BCUT2D eigenvalue weighted by Crippen LogP contribution is 2.23. The van der Waals surface area contributed by atoms with Crippen molar-refractivity contribution >= 4 is 11.9 Å². The molecule has 0 fully saturated rings. The van der Waals surface area contributed by atoms with Gasteiger partial charge in [-0.25, -0.2) is 0 Å². The van der Waals surface area contributed by atoms with Crippen LogP contribution in [0.4, 0.5) is 5.69 Å². The number of aliphatic imine (C=N–C) groups is 1. The zero-order valence-corrected chi connectivity index (χ0v) is 15.3. The van der Waals surface area contributed by atoms with Crippen LogP contribution in [0, 0.1) is 18.3 Å². The number of aromatic hydroxyl groups is 1. The summed E-state index contributed by atoms with van der Waals surface area (Å²) >= 11 is 0. The second-order valence-electron chi connectivity index (χ2n) is 5.84. The van der Waals surface area contributed by atoms with Crippen molar-refractivity contribution in [1.82, 2.24) is 4.57 Å². The van der Waals surface area contributed by atoms with Gasteiger partial charge in [-0.1, -0.05) is 13.3 Å². The number of hydrogen-bond acceptors (Lipinski definition) is 5. The van der Waals surface area contributed by atoms with Gasteiger partial charge in [-0.15, -0.1) is 0 Å². The van der Waals surface area contributed by atoms with Crippen LogP contribution < -0.4 is 10.3 Å². The van der Waals surface area contributed by atoms with Gasteiger partial charge in [0.05, 0.1) is 17.9 Å². The Morgan fingerprint density at radius 1 is 1.31 bits per heavy atom. The average molecular weight is 353 g/mol. The Bertz CT molecular complexity index is 890. The van der Waals surface area contributed by atoms with E-state index in [9.17, 15) is 15.2 Å². The maximum Gasteiger partial charge on any atom is 0.271 e. The molecule has 0 saturated carbocycles. The summed E-state index contributed by atoms with van der Waals surface area (Å²) < 4.78 is 6.64. The zero-order valence-electron chi connectivity index (χ0n) is 15.3. The summed E-state index contributed by atoms with van der Waals surface area (Å²) in [5, 5.41) is 19.9. The molecule has 0 spiro atoms. The molecule has 26 heavy (non-hydrogen) atoms. The third kappa shape index (κ3) is 4.12. The fourth-order valence-electron chi connectivity index (χ4n) is 2.58. The zero-order chi connectivity index (χ0) is 19.1. The highest BCUT2D eigenvalue weighted by molar-refractivity contribution is 5.87. The number of nitrogens with zero attached hydrogens (tertiary/aromatic N) is 3. The summed E-state index contributed by atoms with van der Waals surface area (Å²) in [6.07, 6.45) is 3.09. The maximum atomic E-state index is 12.4. The van der Waals surface area contributed by atoms with Gasteiger partial charge in [0.25, 0.3) is 5.56 Å². The lowest BCUT2D eigenvalue weighted by Crippen LogP contribution is -2.25. The lowest BCUT2D eigenvalue weighted by atomic mass is 10.1. The van der Waals surface area contributed by atoms with Gasteiger partial charge in [-0.3, -0.25) is 14.4 Å². The third-order valence-corrected chi connectivity index (χ3v) is 4.07. The molecule has 0 atom stereocenters. The molecule has 0 bridgehead atoms. The summed E-state index contributed by atoms with van der Waals surface area (Å²) in [7, 11) is 0. The van der Waals surface area contributed by atoms with Crippen LogP contribution in [0.15, 0.2) is 34.1 Å². The summed E-state index contributed by atoms with van der Waals surface area (Å²) in [5.74, 6) is 0.597. The van der Waals surface area contributed by atoms with Crippen molar-refractivity contribution in [3.05, 3.63) is 51.3 Å². The van der Waals surface area contributed by atoms with Crippen molar-refractivity contribution in [1.29, 1.82) is 5.26 Å². The Morgan fingerprint density at radius 2 is 2.00 bits per heavy atom. The number of benzene rings is 1. The molecule has 0 aliphatic rings. The Kier molecular flexibility index (Phi) is 6.56. The first-order valence-electron chi connectivity index (χ1n) is 8.66. The molecule has 0 saturated heterocycles. The predicted molar refractivity (Wildman–Crippen MR) is 102 cm³/mol. The normalized spacial score (nSPS) is 10.8. The molecule has 2 aromatic rings. The number of aromatic nitrogens is 1. The molecule has 0 radical (unpaired) electrons. The Labute approximate surface area is 153 Å². The first-order chi connectivity index (χ1) is 12.5. The van der Waals surface area contributed by atoms with Crippen molar-refractivity contribution in [2.75, 3.05) is 6.61 Å². The first-order valence-corrected chi connectivity index (χ1v) is 8.66. The van der Waals surface area contributed by atoms with Crippen LogP contribution in [-0.2, 0) is 6.54 Å². The molecule has 6 nitrogen and oxygen atoms in total. The number of unbranched alkanes of at least 4 members (excludes halogenated alkanes) is 1. The molecule has 1 aromatic heterocycles. The fourth-order valence-corrected chi connectivity index (χ4v) is 2.58. The van der Waals surface area contributed by atoms with E-state index in [0.717, 1.165) is 18.6 Å². The van der Waals surface area contributed by atoms with Crippen molar-refractivity contribution in [2.45, 2.75) is 40.2 Å². The standard InChI is InChI=1S/C20H23N3O3/c1-4-6-11-23-19(24)17(12-21)14(3)18(20(23)25)13-22-15-7-9-16(10-8-15)26-5-2/h7-10,13,25H,4-6,11H2,1-3H3. The van der Waals surface area contributed by atoms with E-state index in [1.165, 1.54) is 10.8 Å². The number of ether oxygens (including phenoxy) is 1. The van der Waals surface area contributed by atoms with Crippen LogP contribution in [0.5, 0.6) is 11.6 Å². The highest BCUT2D eigenvalue weighted by atomic mass is 16.5. The molecule has 1 heterocycles. The fraction of sp³-hybridized carbons (Fsp3) is 0.350. The van der Waals surface area contributed by atoms with Crippen LogP contribution in [0.1, 0.15) is 43.4 Å². The molecule has 0 aliphatic heterocycles. The first kappa shape index (κ1) is 19.3. The number of nitriles is 1. The minimum absolute atomic E-state index is 0.0343. The van der Waals surface area contributed by atoms with Crippen LogP contribution in [0.3, 0.4) is 0 Å². The van der Waals surface area contributed by atoms with Gasteiger partial charge in [0.15, 0.2) is 0 Å².